The van der Waals surface area contributed by atoms with Crippen molar-refractivity contribution in [3.63, 3.8) is 0 Å². The van der Waals surface area contributed by atoms with Crippen LogP contribution in [0.4, 0.5) is 0 Å². The highest BCUT2D eigenvalue weighted by atomic mass is 28.3. The molecule has 1 aromatic heterocycles. The predicted octanol–water partition coefficient (Wildman–Crippen LogP) is 6.49. The molecular weight excluding hydrogens is 597 g/mol. The molecule has 8 nitrogen and oxygen atoms in total. The van der Waals surface area contributed by atoms with Crippen molar-refractivity contribution >= 4 is 35.5 Å². The Morgan fingerprint density at radius 2 is 1.64 bits per heavy atom. The fourth-order valence-electron chi connectivity index (χ4n) is 6.05. The smallest absolute Gasteiger partial charge is 0.290 e. The summed E-state index contributed by atoms with van der Waals surface area (Å²) in [4.78, 5) is 25.0. The van der Waals surface area contributed by atoms with Gasteiger partial charge < -0.3 is 24.2 Å². The summed E-state index contributed by atoms with van der Waals surface area (Å²) >= 11 is 0. The lowest BCUT2D eigenvalue weighted by Crippen LogP contribution is -2.47. The van der Waals surface area contributed by atoms with Gasteiger partial charge in [-0.05, 0) is 81.0 Å². The third-order valence-corrected chi connectivity index (χ3v) is 12.4. The fraction of sp³-hybridized carbons (Fsp3) is 0.676. The Kier molecular flexibility index (Phi) is 12.5. The van der Waals surface area contributed by atoms with Gasteiger partial charge in [-0.1, -0.05) is 51.4 Å². The quantitative estimate of drug-likeness (QED) is 0.0714. The molecule has 4 rings (SSSR count). The van der Waals surface area contributed by atoms with E-state index in [4.69, 9.17) is 19.3 Å². The van der Waals surface area contributed by atoms with Gasteiger partial charge in [0.1, 0.15) is 12.5 Å². The molecular formula is C34H55BN3O5Si2. The summed E-state index contributed by atoms with van der Waals surface area (Å²) in [5, 5.41) is 7.99. The molecule has 1 N–H and O–H groups in total. The molecule has 2 aromatic rings. The first-order valence-electron chi connectivity index (χ1n) is 16.8. The van der Waals surface area contributed by atoms with Crippen LogP contribution in [0, 0.1) is 31.6 Å². The molecule has 2 aliphatic rings. The van der Waals surface area contributed by atoms with Crippen LogP contribution in [-0.2, 0) is 32.2 Å². The van der Waals surface area contributed by atoms with Crippen LogP contribution < -0.4 is 9.96 Å². The molecule has 1 atom stereocenters. The molecule has 11 heteroatoms. The molecule has 2 saturated carbocycles. The van der Waals surface area contributed by atoms with Gasteiger partial charge in [0.15, 0.2) is 12.6 Å². The van der Waals surface area contributed by atoms with E-state index < -0.39 is 16.1 Å². The van der Waals surface area contributed by atoms with Gasteiger partial charge >= 0.3 is 0 Å². The second-order valence-corrected chi connectivity index (χ2v) is 26.8. The molecule has 1 heterocycles. The minimum absolute atomic E-state index is 0.123. The van der Waals surface area contributed by atoms with Crippen LogP contribution in [-0.4, -0.2) is 71.4 Å². The van der Waals surface area contributed by atoms with Gasteiger partial charge in [0.25, 0.3) is 7.41 Å². The molecule has 1 radical (unpaired) electrons. The van der Waals surface area contributed by atoms with E-state index in [0.29, 0.717) is 36.8 Å². The number of carbonyl (C=O) groups is 2. The number of nitrogens with one attached hydrogen (secondary N) is 1. The van der Waals surface area contributed by atoms with Crippen molar-refractivity contribution in [3.05, 3.63) is 35.2 Å². The Balaban J connectivity index is 1.55. The Morgan fingerprint density at radius 3 is 2.22 bits per heavy atom. The van der Waals surface area contributed by atoms with Crippen molar-refractivity contribution in [1.82, 2.24) is 15.0 Å². The largest absolute Gasteiger partial charge is 0.467 e. The van der Waals surface area contributed by atoms with E-state index >= 15 is 0 Å². The monoisotopic (exact) mass is 652 g/mol. The van der Waals surface area contributed by atoms with Gasteiger partial charge in [0.2, 0.25) is 0 Å². The number of Topliss-reactive ketones (excluding diaryl/α,β-unsaturated/α-hetero) is 1. The molecule has 45 heavy (non-hydrogen) atoms. The number of aryl methyl sites for hydroxylation is 1. The number of carbonyl (C=O) groups excluding carboxylic acids is 2. The average Bonchev–Trinajstić information content (AvgIpc) is 3.88. The first kappa shape index (κ1) is 35.8. The lowest BCUT2D eigenvalue weighted by atomic mass is 9.81. The number of rotatable bonds is 21. The van der Waals surface area contributed by atoms with Crippen molar-refractivity contribution in [3.8, 4) is 16.9 Å². The summed E-state index contributed by atoms with van der Waals surface area (Å²) in [7, 11) is -0.998. The van der Waals surface area contributed by atoms with E-state index in [1.54, 1.807) is 0 Å². The lowest BCUT2D eigenvalue weighted by molar-refractivity contribution is -0.121. The lowest BCUT2D eigenvalue weighted by Gasteiger charge is -2.27. The number of hydrogen-bond acceptors (Lipinski definition) is 7. The van der Waals surface area contributed by atoms with Crippen LogP contribution in [0.25, 0.3) is 11.1 Å². The minimum Gasteiger partial charge on any atom is -0.467 e. The SMILES string of the molecule is Cc1nn(COCC[Si](C)(C)C)c(C)c1-c1ccc(CC(=O)[C@@H](N[B]C=O)C(C2CC2)C2CC2)cc1OCOCC[Si](C)(C)C. The summed E-state index contributed by atoms with van der Waals surface area (Å²) in [6.07, 6.45) is 5.71. The van der Waals surface area contributed by atoms with Crippen LogP contribution in [0.15, 0.2) is 18.2 Å². The van der Waals surface area contributed by atoms with Gasteiger partial charge in [0, 0.05) is 52.6 Å². The first-order valence-corrected chi connectivity index (χ1v) is 24.2. The molecule has 0 saturated heterocycles. The molecule has 0 aliphatic heterocycles. The van der Waals surface area contributed by atoms with Crippen LogP contribution in [0.1, 0.15) is 42.6 Å². The van der Waals surface area contributed by atoms with Gasteiger partial charge in [-0.3, -0.25) is 4.79 Å². The van der Waals surface area contributed by atoms with Crippen molar-refractivity contribution in [2.45, 2.75) is 110 Å². The Labute approximate surface area is 273 Å². The van der Waals surface area contributed by atoms with Crippen LogP contribution in [0.2, 0.25) is 51.4 Å². The predicted molar refractivity (Wildman–Crippen MR) is 188 cm³/mol. The third-order valence-electron chi connectivity index (χ3n) is 8.99. The van der Waals surface area contributed by atoms with E-state index in [-0.39, 0.29) is 25.0 Å². The summed E-state index contributed by atoms with van der Waals surface area (Å²) in [5.74, 6) is 2.26. The molecule has 0 unspecified atom stereocenters. The van der Waals surface area contributed by atoms with Crippen molar-refractivity contribution in [2.75, 3.05) is 20.0 Å². The number of benzene rings is 1. The second-order valence-electron chi connectivity index (χ2n) is 15.5. The topological polar surface area (TPSA) is 91.7 Å². The number of ether oxygens (including phenoxy) is 3. The number of ketones is 1. The zero-order chi connectivity index (χ0) is 32.8. The second kappa shape index (κ2) is 15.7. The third kappa shape index (κ3) is 11.0. The summed E-state index contributed by atoms with van der Waals surface area (Å²) in [6.45, 7) is 20.1. The highest BCUT2D eigenvalue weighted by molar-refractivity contribution is 6.76. The summed E-state index contributed by atoms with van der Waals surface area (Å²) in [5.41, 5.74) is 4.75. The maximum atomic E-state index is 13.8. The normalized spacial score (nSPS) is 16.2. The van der Waals surface area contributed by atoms with Crippen molar-refractivity contribution in [2.24, 2.45) is 17.8 Å². The maximum absolute atomic E-state index is 13.8. The van der Waals surface area contributed by atoms with Gasteiger partial charge in [0.05, 0.1) is 17.9 Å². The molecule has 0 spiro atoms. The van der Waals surface area contributed by atoms with Crippen LogP contribution >= 0.6 is 0 Å². The fourth-order valence-corrected chi connectivity index (χ4v) is 7.56. The van der Waals surface area contributed by atoms with Gasteiger partial charge in [-0.15, -0.1) is 0 Å². The van der Waals surface area contributed by atoms with E-state index in [0.717, 1.165) is 53.0 Å². The van der Waals surface area contributed by atoms with Crippen molar-refractivity contribution in [1.29, 1.82) is 0 Å². The standard InChI is InChI=1S/C34H55BN3O5Si2/c1-24-32(25(2)38(37-24)22-41-15-17-44(3,4)5)29-14-9-26(20-31(29)43-23-42-16-18-45(6,7)8)19-30(40)34(36-35-21-39)33(27-10-11-27)28-12-13-28/h9,14,20-21,27-28,33-34,36H,10-13,15-19,22-23H2,1-8H3/t34-/m1/s1. The Hall–Kier alpha value is -2.05. The zero-order valence-corrected chi connectivity index (χ0v) is 30.9. The van der Waals surface area contributed by atoms with Gasteiger partial charge in [-0.25, -0.2) is 4.68 Å². The number of aromatic nitrogens is 2. The van der Waals surface area contributed by atoms with Crippen LogP contribution in [0.5, 0.6) is 5.75 Å². The molecule has 247 valence electrons. The number of nitrogens with zero attached hydrogens (tertiary/aromatic N) is 2. The number of hydrogen-bond donors (Lipinski definition) is 1. The molecule has 0 amide bonds. The highest BCUT2D eigenvalue weighted by Crippen LogP contribution is 2.51. The molecule has 2 fully saturated rings. The van der Waals surface area contributed by atoms with Crippen molar-refractivity contribution < 1.29 is 23.8 Å². The van der Waals surface area contributed by atoms with Crippen LogP contribution in [0.3, 0.4) is 0 Å². The van der Waals surface area contributed by atoms with E-state index in [1.165, 1.54) is 33.1 Å². The Bertz CT molecular complexity index is 1290. The Morgan fingerprint density at radius 1 is 1.02 bits per heavy atom. The first-order chi connectivity index (χ1) is 21.3. The zero-order valence-electron chi connectivity index (χ0n) is 28.9. The summed E-state index contributed by atoms with van der Waals surface area (Å²) < 4.78 is 20.2. The summed E-state index contributed by atoms with van der Waals surface area (Å²) in [6, 6.07) is 7.90. The highest BCUT2D eigenvalue weighted by Gasteiger charge is 2.47. The molecule has 2 aliphatic carbocycles. The molecule has 1 aromatic carbocycles. The van der Waals surface area contributed by atoms with E-state index in [2.05, 4.69) is 51.4 Å². The van der Waals surface area contributed by atoms with E-state index in [9.17, 15) is 9.59 Å². The van der Waals surface area contributed by atoms with Gasteiger partial charge in [-0.2, -0.15) is 5.10 Å². The molecule has 0 bridgehead atoms. The van der Waals surface area contributed by atoms with E-state index in [1.807, 2.05) is 29.8 Å². The average molecular weight is 653 g/mol. The minimum atomic E-state index is -1.22. The maximum Gasteiger partial charge on any atom is 0.290 e.